The van der Waals surface area contributed by atoms with E-state index in [4.69, 9.17) is 5.73 Å². The quantitative estimate of drug-likeness (QED) is 0.420. The molecule has 34 heavy (non-hydrogen) atoms. The largest absolute Gasteiger partial charge is 0.382 e. The Morgan fingerprint density at radius 3 is 2.91 bits per heavy atom. The van der Waals surface area contributed by atoms with Gasteiger partial charge in [-0.15, -0.1) is 0 Å². The lowest BCUT2D eigenvalue weighted by atomic mass is 9.97. The Labute approximate surface area is 196 Å². The van der Waals surface area contributed by atoms with Crippen LogP contribution < -0.4 is 11.1 Å². The van der Waals surface area contributed by atoms with Gasteiger partial charge in [0.1, 0.15) is 17.0 Å². The van der Waals surface area contributed by atoms with Gasteiger partial charge >= 0.3 is 0 Å². The number of nitrogens with two attached hydrogens (primary N) is 1. The Bertz CT molecular complexity index is 1380. The molecular weight excluding hydrogens is 432 g/mol. The summed E-state index contributed by atoms with van der Waals surface area (Å²) in [6.45, 7) is 2.94. The first-order chi connectivity index (χ1) is 16.4. The maximum Gasteiger partial charge on any atom is 0.273 e. The average Bonchev–Trinajstić information content (AvgIpc) is 3.50. The van der Waals surface area contributed by atoms with Gasteiger partial charge in [-0.2, -0.15) is 0 Å². The minimum absolute atomic E-state index is 0.0258. The molecule has 1 aliphatic rings. The SMILES string of the molecule is Cc1cnc2ccc(-c3nc(C(=O)NCC4CCCN(C)C4=O)c(N)nc3-c3ccc[nH]3)cn12. The molecular formula is C24H26N8O2. The Hall–Kier alpha value is -4.21. The molecule has 4 aromatic rings. The number of nitrogens with zero attached hydrogens (tertiary/aromatic N) is 5. The van der Waals surface area contributed by atoms with E-state index >= 15 is 0 Å². The number of pyridine rings is 1. The van der Waals surface area contributed by atoms with E-state index in [0.29, 0.717) is 11.4 Å². The van der Waals surface area contributed by atoms with Gasteiger partial charge in [0.05, 0.1) is 11.6 Å². The van der Waals surface area contributed by atoms with Crippen molar-refractivity contribution in [1.82, 2.24) is 34.6 Å². The second-order valence-corrected chi connectivity index (χ2v) is 8.59. The molecule has 0 spiro atoms. The Kier molecular flexibility index (Phi) is 5.48. The number of aromatic nitrogens is 5. The van der Waals surface area contributed by atoms with Crippen LogP contribution in [0.3, 0.4) is 0 Å². The zero-order chi connectivity index (χ0) is 23.8. The zero-order valence-corrected chi connectivity index (χ0v) is 19.1. The highest BCUT2D eigenvalue weighted by molar-refractivity contribution is 5.98. The van der Waals surface area contributed by atoms with E-state index in [-0.39, 0.29) is 29.9 Å². The number of carbonyl (C=O) groups excluding carboxylic acids is 2. The summed E-state index contributed by atoms with van der Waals surface area (Å²) in [6, 6.07) is 7.52. The van der Waals surface area contributed by atoms with Crippen molar-refractivity contribution in [1.29, 1.82) is 0 Å². The first kappa shape index (κ1) is 21.6. The average molecular weight is 459 g/mol. The van der Waals surface area contributed by atoms with Crippen molar-refractivity contribution < 1.29 is 9.59 Å². The van der Waals surface area contributed by atoms with Crippen molar-refractivity contribution in [2.45, 2.75) is 19.8 Å². The van der Waals surface area contributed by atoms with Crippen molar-refractivity contribution in [3.05, 3.63) is 54.2 Å². The number of amides is 2. The van der Waals surface area contributed by atoms with Gasteiger partial charge in [-0.3, -0.25) is 9.59 Å². The third-order valence-corrected chi connectivity index (χ3v) is 6.24. The summed E-state index contributed by atoms with van der Waals surface area (Å²) in [5, 5.41) is 2.84. The maximum atomic E-state index is 13.1. The summed E-state index contributed by atoms with van der Waals surface area (Å²) in [7, 11) is 1.78. The lowest BCUT2D eigenvalue weighted by molar-refractivity contribution is -0.136. The van der Waals surface area contributed by atoms with Crippen LogP contribution >= 0.6 is 0 Å². The Morgan fingerprint density at radius 1 is 1.26 bits per heavy atom. The second-order valence-electron chi connectivity index (χ2n) is 8.59. The van der Waals surface area contributed by atoms with Gasteiger partial charge in [-0.25, -0.2) is 15.0 Å². The molecule has 1 saturated heterocycles. The number of aryl methyl sites for hydroxylation is 1. The van der Waals surface area contributed by atoms with Gasteiger partial charge in [0.25, 0.3) is 5.91 Å². The molecule has 5 rings (SSSR count). The van der Waals surface area contributed by atoms with E-state index in [1.807, 2.05) is 41.8 Å². The number of aromatic amines is 1. The van der Waals surface area contributed by atoms with Crippen LogP contribution in [0.4, 0.5) is 5.82 Å². The first-order valence-electron chi connectivity index (χ1n) is 11.2. The summed E-state index contributed by atoms with van der Waals surface area (Å²) in [4.78, 5) is 43.9. The summed E-state index contributed by atoms with van der Waals surface area (Å²) >= 11 is 0. The molecule has 1 unspecified atom stereocenters. The molecule has 5 heterocycles. The highest BCUT2D eigenvalue weighted by Crippen LogP contribution is 2.30. The predicted molar refractivity (Wildman–Crippen MR) is 128 cm³/mol. The molecule has 1 aliphatic heterocycles. The number of hydrogen-bond donors (Lipinski definition) is 3. The number of imidazole rings is 1. The molecule has 0 saturated carbocycles. The third kappa shape index (κ3) is 3.87. The monoisotopic (exact) mass is 458 g/mol. The molecule has 10 heteroatoms. The molecule has 10 nitrogen and oxygen atoms in total. The molecule has 0 radical (unpaired) electrons. The minimum atomic E-state index is -0.454. The first-order valence-corrected chi connectivity index (χ1v) is 11.2. The van der Waals surface area contributed by atoms with E-state index in [2.05, 4.69) is 25.3 Å². The number of hydrogen-bond acceptors (Lipinski definition) is 6. The van der Waals surface area contributed by atoms with Crippen molar-refractivity contribution in [3.8, 4) is 22.6 Å². The molecule has 4 aromatic heterocycles. The van der Waals surface area contributed by atoms with Crippen molar-refractivity contribution >= 4 is 23.3 Å². The van der Waals surface area contributed by atoms with Crippen molar-refractivity contribution in [3.63, 3.8) is 0 Å². The van der Waals surface area contributed by atoms with Gasteiger partial charge in [-0.05, 0) is 44.0 Å². The summed E-state index contributed by atoms with van der Waals surface area (Å²) in [5.74, 6) is -0.637. The number of nitrogen functional groups attached to an aromatic ring is 1. The number of fused-ring (bicyclic) bond motifs is 1. The molecule has 174 valence electrons. The highest BCUT2D eigenvalue weighted by Gasteiger charge is 2.28. The van der Waals surface area contributed by atoms with E-state index < -0.39 is 5.91 Å². The van der Waals surface area contributed by atoms with Crippen molar-refractivity contribution in [2.75, 3.05) is 25.9 Å². The normalized spacial score (nSPS) is 16.2. The lowest BCUT2D eigenvalue weighted by Crippen LogP contribution is -2.43. The number of nitrogens with one attached hydrogen (secondary N) is 2. The standard InChI is InChI=1S/C24H26N8O2/c1-14-11-27-18-8-7-16(13-32(14)18)19-20(17-6-3-9-26-17)30-22(25)21(29-19)23(33)28-12-15-5-4-10-31(2)24(15)34/h3,6-9,11,13,15,26H,4-5,10,12H2,1-2H3,(H2,25,30)(H,28,33). The number of H-pyrrole nitrogens is 1. The molecule has 2 amide bonds. The number of rotatable bonds is 5. The van der Waals surface area contributed by atoms with Gasteiger partial charge in [0, 0.05) is 50.0 Å². The van der Waals surface area contributed by atoms with Crippen LogP contribution in [-0.4, -0.2) is 61.2 Å². The molecule has 0 aromatic carbocycles. The number of anilines is 1. The van der Waals surface area contributed by atoms with Crippen molar-refractivity contribution in [2.24, 2.45) is 5.92 Å². The fourth-order valence-electron chi connectivity index (χ4n) is 4.33. The van der Waals surface area contributed by atoms with Crippen LogP contribution in [0, 0.1) is 12.8 Å². The molecule has 4 N–H and O–H groups in total. The minimum Gasteiger partial charge on any atom is -0.382 e. The van der Waals surface area contributed by atoms with Gasteiger partial charge < -0.3 is 25.3 Å². The maximum absolute atomic E-state index is 13.1. The van der Waals surface area contributed by atoms with Gasteiger partial charge in [0.15, 0.2) is 11.5 Å². The fourth-order valence-corrected chi connectivity index (χ4v) is 4.33. The lowest BCUT2D eigenvalue weighted by Gasteiger charge is -2.29. The van der Waals surface area contributed by atoms with Gasteiger partial charge in [0.2, 0.25) is 5.91 Å². The number of carbonyl (C=O) groups is 2. The third-order valence-electron chi connectivity index (χ3n) is 6.24. The Balaban J connectivity index is 1.51. The second kappa shape index (κ2) is 8.62. The van der Waals surface area contributed by atoms with E-state index in [1.54, 1.807) is 24.3 Å². The summed E-state index contributed by atoms with van der Waals surface area (Å²) in [5.41, 5.74) is 10.6. The van der Waals surface area contributed by atoms with Crippen LogP contribution in [-0.2, 0) is 4.79 Å². The summed E-state index contributed by atoms with van der Waals surface area (Å²) < 4.78 is 1.96. The van der Waals surface area contributed by atoms with Crippen LogP contribution in [0.5, 0.6) is 0 Å². The molecule has 1 atom stereocenters. The zero-order valence-electron chi connectivity index (χ0n) is 19.1. The highest BCUT2D eigenvalue weighted by atomic mass is 16.2. The van der Waals surface area contributed by atoms with Crippen LogP contribution in [0.1, 0.15) is 29.0 Å². The summed E-state index contributed by atoms with van der Waals surface area (Å²) in [6.07, 6.45) is 7.16. The van der Waals surface area contributed by atoms with Crippen LogP contribution in [0.2, 0.25) is 0 Å². The smallest absolute Gasteiger partial charge is 0.273 e. The topological polar surface area (TPSA) is 134 Å². The van der Waals surface area contributed by atoms with Crippen LogP contribution in [0.15, 0.2) is 42.9 Å². The van der Waals surface area contributed by atoms with E-state index in [1.165, 1.54) is 0 Å². The predicted octanol–water partition coefficient (Wildman–Crippen LogP) is 2.28. The number of likely N-dealkylation sites (tertiary alicyclic amines) is 1. The molecule has 0 bridgehead atoms. The van der Waals surface area contributed by atoms with Gasteiger partial charge in [-0.1, -0.05) is 0 Å². The van der Waals surface area contributed by atoms with E-state index in [0.717, 1.165) is 42.0 Å². The Morgan fingerprint density at radius 2 is 2.12 bits per heavy atom. The molecule has 1 fully saturated rings. The van der Waals surface area contributed by atoms with Crippen LogP contribution in [0.25, 0.3) is 28.3 Å². The van der Waals surface area contributed by atoms with E-state index in [9.17, 15) is 9.59 Å². The fraction of sp³-hybridized carbons (Fsp3) is 0.292. The number of piperidine rings is 1. The molecule has 0 aliphatic carbocycles.